The molecule has 2 heterocycles. The first-order valence-electron chi connectivity index (χ1n) is 9.68. The molecule has 0 aliphatic carbocycles. The first kappa shape index (κ1) is 18.7. The Morgan fingerprint density at radius 2 is 1.93 bits per heavy atom. The summed E-state index contributed by atoms with van der Waals surface area (Å²) in [5.74, 6) is 0.0402. The van der Waals surface area contributed by atoms with Crippen molar-refractivity contribution in [2.75, 3.05) is 20.1 Å². The average Bonchev–Trinajstić information content (AvgIpc) is 3.28. The normalized spacial score (nSPS) is 16.9. The second-order valence-corrected chi connectivity index (χ2v) is 8.35. The first-order chi connectivity index (χ1) is 13.6. The Kier molecular flexibility index (Phi) is 5.44. The molecule has 28 heavy (non-hydrogen) atoms. The van der Waals surface area contributed by atoms with Crippen LogP contribution in [0.4, 0.5) is 0 Å². The predicted octanol–water partition coefficient (Wildman–Crippen LogP) is 4.41. The Bertz CT molecular complexity index is 978. The van der Waals surface area contributed by atoms with Gasteiger partial charge in [0.2, 0.25) is 5.91 Å². The molecule has 2 amide bonds. The third-order valence-electron chi connectivity index (χ3n) is 5.45. The van der Waals surface area contributed by atoms with Gasteiger partial charge >= 0.3 is 0 Å². The van der Waals surface area contributed by atoms with Gasteiger partial charge in [0.25, 0.3) is 5.91 Å². The Morgan fingerprint density at radius 3 is 2.75 bits per heavy atom. The minimum atomic E-state index is -0.127. The van der Waals surface area contributed by atoms with Crippen LogP contribution in [-0.4, -0.2) is 41.8 Å². The van der Waals surface area contributed by atoms with Crippen molar-refractivity contribution in [1.82, 2.24) is 9.80 Å². The molecule has 2 aromatic carbocycles. The van der Waals surface area contributed by atoms with E-state index in [4.69, 9.17) is 0 Å². The van der Waals surface area contributed by atoms with E-state index in [0.29, 0.717) is 13.1 Å². The van der Waals surface area contributed by atoms with Gasteiger partial charge in [-0.3, -0.25) is 9.59 Å². The summed E-state index contributed by atoms with van der Waals surface area (Å²) in [6.07, 6.45) is 1.71. The van der Waals surface area contributed by atoms with Crippen molar-refractivity contribution in [1.29, 1.82) is 0 Å². The van der Waals surface area contributed by atoms with Gasteiger partial charge in [-0.2, -0.15) is 0 Å². The molecule has 0 bridgehead atoms. The lowest BCUT2D eigenvalue weighted by Gasteiger charge is -2.34. The number of carbonyl (C=O) groups is 2. The van der Waals surface area contributed by atoms with Crippen molar-refractivity contribution in [3.63, 3.8) is 0 Å². The van der Waals surface area contributed by atoms with E-state index in [1.165, 1.54) is 22.1 Å². The van der Waals surface area contributed by atoms with Gasteiger partial charge in [0.05, 0.1) is 10.8 Å². The standard InChI is InChI=1S/C23H24N2O2S/c1-24(15-18-9-4-8-17-7-2-3-11-20(17)18)22(26)19-10-5-13-25(16-19)23(27)21-12-6-14-28-21/h2-4,6-9,11-12,14,19H,5,10,13,15-16H2,1H3. The molecule has 0 radical (unpaired) electrons. The third-order valence-corrected chi connectivity index (χ3v) is 6.31. The van der Waals surface area contributed by atoms with Crippen LogP contribution in [0.5, 0.6) is 0 Å². The number of amides is 2. The zero-order chi connectivity index (χ0) is 19.5. The molecule has 3 aromatic rings. The van der Waals surface area contributed by atoms with Crippen LogP contribution in [0.1, 0.15) is 28.1 Å². The Balaban J connectivity index is 1.45. The molecule has 0 N–H and O–H groups in total. The summed E-state index contributed by atoms with van der Waals surface area (Å²) in [4.78, 5) is 30.1. The summed E-state index contributed by atoms with van der Waals surface area (Å²) in [7, 11) is 1.87. The zero-order valence-corrected chi connectivity index (χ0v) is 16.8. The lowest BCUT2D eigenvalue weighted by atomic mass is 9.96. The fraction of sp³-hybridized carbons (Fsp3) is 0.304. The minimum Gasteiger partial charge on any atom is -0.341 e. The highest BCUT2D eigenvalue weighted by Gasteiger charge is 2.31. The molecule has 1 aromatic heterocycles. The molecule has 1 fully saturated rings. The Morgan fingerprint density at radius 1 is 1.11 bits per heavy atom. The number of fused-ring (bicyclic) bond motifs is 1. The summed E-state index contributed by atoms with van der Waals surface area (Å²) in [5.41, 5.74) is 1.15. The molecule has 0 saturated carbocycles. The van der Waals surface area contributed by atoms with E-state index in [0.717, 1.165) is 29.8 Å². The van der Waals surface area contributed by atoms with Crippen LogP contribution < -0.4 is 0 Å². The SMILES string of the molecule is CN(Cc1cccc2ccccc12)C(=O)C1CCCN(C(=O)c2cccs2)C1. The maximum Gasteiger partial charge on any atom is 0.263 e. The molecule has 1 unspecified atom stereocenters. The highest BCUT2D eigenvalue weighted by molar-refractivity contribution is 7.12. The summed E-state index contributed by atoms with van der Waals surface area (Å²) in [6.45, 7) is 1.82. The molecular weight excluding hydrogens is 368 g/mol. The second-order valence-electron chi connectivity index (χ2n) is 7.40. The molecule has 1 aliphatic rings. The van der Waals surface area contributed by atoms with Gasteiger partial charge in [-0.1, -0.05) is 48.5 Å². The predicted molar refractivity (Wildman–Crippen MR) is 113 cm³/mol. The van der Waals surface area contributed by atoms with E-state index in [1.807, 2.05) is 52.6 Å². The van der Waals surface area contributed by atoms with Crippen molar-refractivity contribution in [3.05, 3.63) is 70.4 Å². The molecule has 0 spiro atoms. The fourth-order valence-corrected chi connectivity index (χ4v) is 4.69. The quantitative estimate of drug-likeness (QED) is 0.660. The largest absolute Gasteiger partial charge is 0.341 e. The van der Waals surface area contributed by atoms with Crippen LogP contribution in [-0.2, 0) is 11.3 Å². The van der Waals surface area contributed by atoms with Crippen molar-refractivity contribution in [2.45, 2.75) is 19.4 Å². The molecule has 1 atom stereocenters. The van der Waals surface area contributed by atoms with Crippen LogP contribution in [0, 0.1) is 5.92 Å². The highest BCUT2D eigenvalue weighted by atomic mass is 32.1. The number of hydrogen-bond acceptors (Lipinski definition) is 3. The van der Waals surface area contributed by atoms with E-state index >= 15 is 0 Å². The van der Waals surface area contributed by atoms with Gasteiger partial charge < -0.3 is 9.80 Å². The van der Waals surface area contributed by atoms with Crippen LogP contribution in [0.25, 0.3) is 10.8 Å². The first-order valence-corrected chi connectivity index (χ1v) is 10.6. The fourth-order valence-electron chi connectivity index (χ4n) is 3.99. The topological polar surface area (TPSA) is 40.6 Å². The van der Waals surface area contributed by atoms with Crippen LogP contribution >= 0.6 is 11.3 Å². The van der Waals surface area contributed by atoms with Crippen molar-refractivity contribution >= 4 is 33.9 Å². The number of piperidine rings is 1. The Labute approximate surface area is 169 Å². The minimum absolute atomic E-state index is 0.0456. The number of likely N-dealkylation sites (tertiary alicyclic amines) is 1. The third kappa shape index (κ3) is 3.80. The zero-order valence-electron chi connectivity index (χ0n) is 16.0. The smallest absolute Gasteiger partial charge is 0.263 e. The molecule has 144 valence electrons. The number of nitrogens with zero attached hydrogens (tertiary/aromatic N) is 2. The van der Waals surface area contributed by atoms with E-state index in [9.17, 15) is 9.59 Å². The number of rotatable bonds is 4. The van der Waals surface area contributed by atoms with Crippen LogP contribution in [0.15, 0.2) is 60.0 Å². The van der Waals surface area contributed by atoms with Crippen molar-refractivity contribution < 1.29 is 9.59 Å². The van der Waals surface area contributed by atoms with E-state index in [1.54, 1.807) is 0 Å². The summed E-state index contributed by atoms with van der Waals surface area (Å²) >= 11 is 1.46. The highest BCUT2D eigenvalue weighted by Crippen LogP contribution is 2.24. The van der Waals surface area contributed by atoms with E-state index < -0.39 is 0 Å². The van der Waals surface area contributed by atoms with E-state index in [-0.39, 0.29) is 17.7 Å². The van der Waals surface area contributed by atoms with Gasteiger partial charge in [-0.25, -0.2) is 0 Å². The van der Waals surface area contributed by atoms with Gasteiger partial charge in [0.15, 0.2) is 0 Å². The van der Waals surface area contributed by atoms with Crippen molar-refractivity contribution in [3.8, 4) is 0 Å². The van der Waals surface area contributed by atoms with Gasteiger partial charge in [0.1, 0.15) is 0 Å². The molecule has 4 rings (SSSR count). The monoisotopic (exact) mass is 392 g/mol. The van der Waals surface area contributed by atoms with Crippen LogP contribution in [0.3, 0.4) is 0 Å². The molecule has 1 saturated heterocycles. The maximum atomic E-state index is 13.1. The number of carbonyl (C=O) groups excluding carboxylic acids is 2. The summed E-state index contributed by atoms with van der Waals surface area (Å²) in [5, 5.41) is 4.28. The van der Waals surface area contributed by atoms with Gasteiger partial charge in [-0.05, 0) is 40.6 Å². The van der Waals surface area contributed by atoms with Crippen molar-refractivity contribution in [2.24, 2.45) is 5.92 Å². The Hall–Kier alpha value is -2.66. The molecular formula is C23H24N2O2S. The van der Waals surface area contributed by atoms with Crippen LogP contribution in [0.2, 0.25) is 0 Å². The lowest BCUT2D eigenvalue weighted by Crippen LogP contribution is -2.45. The summed E-state index contributed by atoms with van der Waals surface area (Å²) in [6, 6.07) is 18.2. The summed E-state index contributed by atoms with van der Waals surface area (Å²) < 4.78 is 0. The molecule has 4 nitrogen and oxygen atoms in total. The molecule has 1 aliphatic heterocycles. The molecule has 5 heteroatoms. The second kappa shape index (κ2) is 8.15. The maximum absolute atomic E-state index is 13.1. The number of benzene rings is 2. The number of hydrogen-bond donors (Lipinski definition) is 0. The van der Waals surface area contributed by atoms with Gasteiger partial charge in [0, 0.05) is 26.7 Å². The van der Waals surface area contributed by atoms with E-state index in [2.05, 4.69) is 24.3 Å². The van der Waals surface area contributed by atoms with Gasteiger partial charge in [-0.15, -0.1) is 11.3 Å². The lowest BCUT2D eigenvalue weighted by molar-refractivity contribution is -0.136. The average molecular weight is 393 g/mol. The number of thiophene rings is 1.